The van der Waals surface area contributed by atoms with Gasteiger partial charge in [0, 0.05) is 39.1 Å². The first-order valence-corrected chi connectivity index (χ1v) is 9.76. The fourth-order valence-electron chi connectivity index (χ4n) is 3.04. The molecule has 1 saturated heterocycles. The quantitative estimate of drug-likeness (QED) is 0.333. The summed E-state index contributed by atoms with van der Waals surface area (Å²) in [6.07, 6.45) is 2.55. The number of halogens is 1. The van der Waals surface area contributed by atoms with E-state index in [2.05, 4.69) is 51.7 Å². The van der Waals surface area contributed by atoms with Crippen LogP contribution in [0.15, 0.2) is 52.1 Å². The van der Waals surface area contributed by atoms with Gasteiger partial charge < -0.3 is 19.8 Å². The van der Waals surface area contributed by atoms with Crippen molar-refractivity contribution in [2.24, 2.45) is 4.99 Å². The summed E-state index contributed by atoms with van der Waals surface area (Å²) in [5.41, 5.74) is 2.55. The van der Waals surface area contributed by atoms with Crippen molar-refractivity contribution >= 4 is 29.9 Å². The Morgan fingerprint density at radius 2 is 1.82 bits per heavy atom. The van der Waals surface area contributed by atoms with Crippen LogP contribution in [0, 0.1) is 0 Å². The maximum atomic E-state index is 5.41. The molecule has 0 bridgehead atoms. The lowest BCUT2D eigenvalue weighted by Gasteiger charge is -2.26. The van der Waals surface area contributed by atoms with Gasteiger partial charge in [0.1, 0.15) is 5.76 Å². The lowest BCUT2D eigenvalue weighted by atomic mass is 10.1. The van der Waals surface area contributed by atoms with Gasteiger partial charge >= 0.3 is 0 Å². The first kappa shape index (κ1) is 22.7. The molecule has 0 unspecified atom stereocenters. The van der Waals surface area contributed by atoms with Crippen LogP contribution in [0.1, 0.15) is 23.8 Å². The van der Waals surface area contributed by atoms with Gasteiger partial charge in [0.05, 0.1) is 26.0 Å². The molecule has 154 valence electrons. The molecular formula is C21H31IN4O2. The van der Waals surface area contributed by atoms with Gasteiger partial charge in [-0.25, -0.2) is 4.99 Å². The highest BCUT2D eigenvalue weighted by atomic mass is 127. The molecule has 0 radical (unpaired) electrons. The van der Waals surface area contributed by atoms with Gasteiger partial charge in [-0.1, -0.05) is 24.3 Å². The van der Waals surface area contributed by atoms with Gasteiger partial charge in [-0.2, -0.15) is 0 Å². The molecule has 0 amide bonds. The topological polar surface area (TPSA) is 62.0 Å². The number of nitrogens with one attached hydrogen (secondary N) is 2. The van der Waals surface area contributed by atoms with Crippen LogP contribution in [0.2, 0.25) is 0 Å². The second kappa shape index (κ2) is 12.8. The summed E-state index contributed by atoms with van der Waals surface area (Å²) in [5.74, 6) is 1.82. The molecular weight excluding hydrogens is 467 g/mol. The summed E-state index contributed by atoms with van der Waals surface area (Å²) in [7, 11) is 0. The Morgan fingerprint density at radius 1 is 1.07 bits per heavy atom. The molecule has 2 heterocycles. The average molecular weight is 498 g/mol. The van der Waals surface area contributed by atoms with E-state index in [0.29, 0.717) is 6.54 Å². The number of aliphatic imine (C=N–C) groups is 1. The normalized spacial score (nSPS) is 15.1. The highest BCUT2D eigenvalue weighted by Gasteiger charge is 2.10. The number of rotatable bonds is 8. The summed E-state index contributed by atoms with van der Waals surface area (Å²) in [5, 5.41) is 6.64. The number of hydrogen-bond acceptors (Lipinski definition) is 4. The minimum absolute atomic E-state index is 0. The van der Waals surface area contributed by atoms with Crippen molar-refractivity contribution in [2.45, 2.75) is 26.4 Å². The number of guanidine groups is 1. The van der Waals surface area contributed by atoms with Crippen molar-refractivity contribution < 1.29 is 9.15 Å². The maximum Gasteiger partial charge on any atom is 0.191 e. The monoisotopic (exact) mass is 498 g/mol. The highest BCUT2D eigenvalue weighted by Crippen LogP contribution is 2.10. The molecule has 2 aromatic rings. The molecule has 0 saturated carbocycles. The molecule has 1 fully saturated rings. The van der Waals surface area contributed by atoms with Gasteiger partial charge in [-0.3, -0.25) is 4.90 Å². The summed E-state index contributed by atoms with van der Waals surface area (Å²) in [6.45, 7) is 9.06. The SMILES string of the molecule is CCNC(=NCc1ccc(CN2CCOCC2)cc1)NCCc1ccco1.I. The van der Waals surface area contributed by atoms with E-state index in [-0.39, 0.29) is 24.0 Å². The minimum atomic E-state index is 0. The first-order valence-electron chi connectivity index (χ1n) is 9.76. The number of furan rings is 1. The Balaban J connectivity index is 0.00000280. The van der Waals surface area contributed by atoms with Gasteiger partial charge in [0.15, 0.2) is 5.96 Å². The van der Waals surface area contributed by atoms with Crippen molar-refractivity contribution in [3.05, 3.63) is 59.5 Å². The summed E-state index contributed by atoms with van der Waals surface area (Å²) < 4.78 is 10.8. The van der Waals surface area contributed by atoms with E-state index in [1.165, 1.54) is 11.1 Å². The van der Waals surface area contributed by atoms with E-state index in [9.17, 15) is 0 Å². The minimum Gasteiger partial charge on any atom is -0.469 e. The molecule has 6 nitrogen and oxygen atoms in total. The predicted molar refractivity (Wildman–Crippen MR) is 123 cm³/mol. The molecule has 0 spiro atoms. The van der Waals surface area contributed by atoms with Crippen molar-refractivity contribution in [3.8, 4) is 0 Å². The van der Waals surface area contributed by atoms with Crippen LogP contribution in [0.3, 0.4) is 0 Å². The zero-order valence-electron chi connectivity index (χ0n) is 16.5. The Labute approximate surface area is 184 Å². The maximum absolute atomic E-state index is 5.41. The molecule has 3 rings (SSSR count). The Hall–Kier alpha value is -1.58. The van der Waals surface area contributed by atoms with Crippen LogP contribution in [-0.4, -0.2) is 50.3 Å². The third kappa shape index (κ3) is 7.81. The Kier molecular flexibility index (Phi) is 10.4. The van der Waals surface area contributed by atoms with Crippen LogP contribution in [0.25, 0.3) is 0 Å². The zero-order chi connectivity index (χ0) is 18.7. The number of morpholine rings is 1. The third-order valence-electron chi connectivity index (χ3n) is 4.54. The lowest BCUT2D eigenvalue weighted by molar-refractivity contribution is 0.0342. The molecule has 28 heavy (non-hydrogen) atoms. The van der Waals surface area contributed by atoms with E-state index < -0.39 is 0 Å². The molecule has 0 aliphatic carbocycles. The smallest absolute Gasteiger partial charge is 0.191 e. The Bertz CT molecular complexity index is 683. The van der Waals surface area contributed by atoms with E-state index in [0.717, 1.165) is 64.1 Å². The summed E-state index contributed by atoms with van der Waals surface area (Å²) in [6, 6.07) is 12.7. The van der Waals surface area contributed by atoms with E-state index >= 15 is 0 Å². The largest absolute Gasteiger partial charge is 0.469 e. The first-order chi connectivity index (χ1) is 13.3. The number of hydrogen-bond donors (Lipinski definition) is 2. The number of benzene rings is 1. The van der Waals surface area contributed by atoms with Crippen LogP contribution in [0.5, 0.6) is 0 Å². The molecule has 7 heteroatoms. The molecule has 0 atom stereocenters. The van der Waals surface area contributed by atoms with Crippen LogP contribution in [-0.2, 0) is 24.2 Å². The van der Waals surface area contributed by atoms with E-state index in [1.54, 1.807) is 6.26 Å². The number of nitrogens with zero attached hydrogens (tertiary/aromatic N) is 2. The van der Waals surface area contributed by atoms with Gasteiger partial charge in [-0.15, -0.1) is 24.0 Å². The highest BCUT2D eigenvalue weighted by molar-refractivity contribution is 14.0. The molecule has 1 aromatic heterocycles. The Morgan fingerprint density at radius 3 is 2.50 bits per heavy atom. The fourth-order valence-corrected chi connectivity index (χ4v) is 3.04. The second-order valence-corrected chi connectivity index (χ2v) is 6.66. The van der Waals surface area contributed by atoms with Crippen molar-refractivity contribution in [2.75, 3.05) is 39.4 Å². The van der Waals surface area contributed by atoms with Gasteiger partial charge in [0.25, 0.3) is 0 Å². The van der Waals surface area contributed by atoms with Crippen LogP contribution >= 0.6 is 24.0 Å². The molecule has 1 aliphatic heterocycles. The van der Waals surface area contributed by atoms with Crippen molar-refractivity contribution in [1.29, 1.82) is 0 Å². The van der Waals surface area contributed by atoms with Crippen LogP contribution in [0.4, 0.5) is 0 Å². The van der Waals surface area contributed by atoms with Crippen LogP contribution < -0.4 is 10.6 Å². The summed E-state index contributed by atoms with van der Waals surface area (Å²) in [4.78, 5) is 7.12. The summed E-state index contributed by atoms with van der Waals surface area (Å²) >= 11 is 0. The van der Waals surface area contributed by atoms with Crippen molar-refractivity contribution in [1.82, 2.24) is 15.5 Å². The average Bonchev–Trinajstić information content (AvgIpc) is 3.21. The third-order valence-corrected chi connectivity index (χ3v) is 4.54. The van der Waals surface area contributed by atoms with Crippen molar-refractivity contribution in [3.63, 3.8) is 0 Å². The van der Waals surface area contributed by atoms with Gasteiger partial charge in [-0.05, 0) is 30.2 Å². The predicted octanol–water partition coefficient (Wildman–Crippen LogP) is 3.03. The van der Waals surface area contributed by atoms with E-state index in [1.807, 2.05) is 12.1 Å². The standard InChI is InChI=1S/C21H30N4O2.HI/c1-2-22-21(23-10-9-20-4-3-13-27-20)24-16-18-5-7-19(8-6-18)17-25-11-14-26-15-12-25;/h3-8,13H,2,9-12,14-17H2,1H3,(H2,22,23,24);1H. The second-order valence-electron chi connectivity index (χ2n) is 6.66. The molecule has 1 aromatic carbocycles. The molecule has 1 aliphatic rings. The molecule has 2 N–H and O–H groups in total. The number of ether oxygens (including phenoxy) is 1. The fraction of sp³-hybridized carbons (Fsp3) is 0.476. The zero-order valence-corrected chi connectivity index (χ0v) is 18.9. The van der Waals surface area contributed by atoms with Gasteiger partial charge in [0.2, 0.25) is 0 Å². The lowest BCUT2D eigenvalue weighted by Crippen LogP contribution is -2.38. The van der Waals surface area contributed by atoms with E-state index in [4.69, 9.17) is 9.15 Å².